The summed E-state index contributed by atoms with van der Waals surface area (Å²) in [7, 11) is -4.02. The van der Waals surface area contributed by atoms with Crippen molar-refractivity contribution < 1.29 is 17.9 Å². The second-order valence-corrected chi connectivity index (χ2v) is 9.79. The predicted molar refractivity (Wildman–Crippen MR) is 131 cm³/mol. The van der Waals surface area contributed by atoms with Gasteiger partial charge in [-0.05, 0) is 57.5 Å². The van der Waals surface area contributed by atoms with Crippen molar-refractivity contribution in [2.75, 3.05) is 17.5 Å². The number of aryl methyl sites for hydroxylation is 2. The number of sulfonamides is 1. The van der Waals surface area contributed by atoms with Crippen molar-refractivity contribution in [1.82, 2.24) is 5.32 Å². The third-order valence-electron chi connectivity index (χ3n) is 5.28. The fourth-order valence-electron chi connectivity index (χ4n) is 3.43. The molecule has 0 bridgehead atoms. The average molecular weight is 467 g/mol. The van der Waals surface area contributed by atoms with Crippen molar-refractivity contribution in [3.05, 3.63) is 89.5 Å². The molecule has 0 fully saturated rings. The third kappa shape index (κ3) is 5.93. The standard InChI is InChI=1S/C26H30N2O4S/c1-5-32-25-9-7-6-8-24(25)28(33(30,31)23-16-12-20(3)13-17-23)18-26(29)27-21(4)22-14-10-19(2)11-15-22/h6-17,21H,5,18H2,1-4H3,(H,27,29). The van der Waals surface area contributed by atoms with Gasteiger partial charge in [0.1, 0.15) is 12.3 Å². The number of ether oxygens (including phenoxy) is 1. The first-order valence-corrected chi connectivity index (χ1v) is 12.3. The van der Waals surface area contributed by atoms with Crippen molar-refractivity contribution in [2.24, 2.45) is 0 Å². The van der Waals surface area contributed by atoms with E-state index in [1.165, 1.54) is 0 Å². The topological polar surface area (TPSA) is 75.7 Å². The average Bonchev–Trinajstić information content (AvgIpc) is 2.79. The number of rotatable bonds is 9. The molecule has 0 saturated heterocycles. The highest BCUT2D eigenvalue weighted by atomic mass is 32.2. The van der Waals surface area contributed by atoms with E-state index in [2.05, 4.69) is 5.32 Å². The molecule has 0 aliphatic carbocycles. The van der Waals surface area contributed by atoms with Gasteiger partial charge in [0.2, 0.25) is 5.91 Å². The predicted octanol–water partition coefficient (Wildman–Crippen LogP) is 4.77. The summed E-state index contributed by atoms with van der Waals surface area (Å²) in [5.41, 5.74) is 3.33. The summed E-state index contributed by atoms with van der Waals surface area (Å²) in [5.74, 6) is -0.0138. The Morgan fingerprint density at radius 1 is 0.939 bits per heavy atom. The van der Waals surface area contributed by atoms with Gasteiger partial charge in [0.25, 0.3) is 10.0 Å². The van der Waals surface area contributed by atoms with Crippen molar-refractivity contribution in [1.29, 1.82) is 0 Å². The van der Waals surface area contributed by atoms with Crippen molar-refractivity contribution in [3.63, 3.8) is 0 Å². The van der Waals surface area contributed by atoms with Crippen LogP contribution in [0.3, 0.4) is 0 Å². The van der Waals surface area contributed by atoms with Crippen LogP contribution in [0.4, 0.5) is 5.69 Å². The van der Waals surface area contributed by atoms with E-state index in [0.717, 1.165) is 21.0 Å². The van der Waals surface area contributed by atoms with Gasteiger partial charge in [0, 0.05) is 0 Å². The van der Waals surface area contributed by atoms with E-state index in [4.69, 9.17) is 4.74 Å². The lowest BCUT2D eigenvalue weighted by atomic mass is 10.1. The first kappa shape index (κ1) is 24.3. The number of benzene rings is 3. The number of hydrogen-bond acceptors (Lipinski definition) is 4. The Labute approximate surface area is 196 Å². The zero-order valence-corrected chi connectivity index (χ0v) is 20.2. The summed E-state index contributed by atoms with van der Waals surface area (Å²) in [5, 5.41) is 2.91. The number of carbonyl (C=O) groups excluding carboxylic acids is 1. The van der Waals surface area contributed by atoms with E-state index < -0.39 is 15.9 Å². The van der Waals surface area contributed by atoms with Crippen LogP contribution in [-0.4, -0.2) is 27.5 Å². The number of hydrogen-bond donors (Lipinski definition) is 1. The van der Waals surface area contributed by atoms with Crippen LogP contribution < -0.4 is 14.4 Å². The molecule has 1 unspecified atom stereocenters. The van der Waals surface area contributed by atoms with E-state index in [1.807, 2.05) is 52.0 Å². The molecule has 33 heavy (non-hydrogen) atoms. The lowest BCUT2D eigenvalue weighted by Crippen LogP contribution is -2.41. The number of nitrogens with one attached hydrogen (secondary N) is 1. The molecular formula is C26H30N2O4S. The third-order valence-corrected chi connectivity index (χ3v) is 7.06. The fourth-order valence-corrected chi connectivity index (χ4v) is 4.87. The molecule has 3 rings (SSSR count). The Bertz CT molecular complexity index is 1190. The maximum atomic E-state index is 13.6. The highest BCUT2D eigenvalue weighted by Crippen LogP contribution is 2.32. The second kappa shape index (κ2) is 10.5. The highest BCUT2D eigenvalue weighted by Gasteiger charge is 2.29. The van der Waals surface area contributed by atoms with Gasteiger partial charge < -0.3 is 10.1 Å². The van der Waals surface area contributed by atoms with Gasteiger partial charge in [0.15, 0.2) is 0 Å². The van der Waals surface area contributed by atoms with Gasteiger partial charge in [-0.2, -0.15) is 0 Å². The number of amides is 1. The van der Waals surface area contributed by atoms with Gasteiger partial charge in [-0.3, -0.25) is 9.10 Å². The van der Waals surface area contributed by atoms with Gasteiger partial charge in [-0.25, -0.2) is 8.42 Å². The SMILES string of the molecule is CCOc1ccccc1N(CC(=O)NC(C)c1ccc(C)cc1)S(=O)(=O)c1ccc(C)cc1. The monoisotopic (exact) mass is 466 g/mol. The summed E-state index contributed by atoms with van der Waals surface area (Å²) < 4.78 is 34.0. The Hall–Kier alpha value is -3.32. The molecule has 174 valence electrons. The number of nitrogens with zero attached hydrogens (tertiary/aromatic N) is 1. The number of para-hydroxylation sites is 2. The van der Waals surface area contributed by atoms with Crippen LogP contribution in [0.1, 0.15) is 36.6 Å². The van der Waals surface area contributed by atoms with Gasteiger partial charge >= 0.3 is 0 Å². The minimum atomic E-state index is -4.02. The van der Waals surface area contributed by atoms with E-state index in [-0.39, 0.29) is 17.5 Å². The molecule has 0 aliphatic rings. The maximum Gasteiger partial charge on any atom is 0.264 e. The van der Waals surface area contributed by atoms with Crippen molar-refractivity contribution in [2.45, 2.75) is 38.6 Å². The molecular weight excluding hydrogens is 436 g/mol. The zero-order valence-electron chi connectivity index (χ0n) is 19.4. The minimum absolute atomic E-state index is 0.110. The zero-order chi connectivity index (χ0) is 24.0. The quantitative estimate of drug-likeness (QED) is 0.493. The molecule has 6 nitrogen and oxygen atoms in total. The molecule has 1 amide bonds. The Balaban J connectivity index is 1.94. The lowest BCUT2D eigenvalue weighted by Gasteiger charge is -2.26. The van der Waals surface area contributed by atoms with Crippen LogP contribution in [0.25, 0.3) is 0 Å². The Morgan fingerprint density at radius 3 is 2.12 bits per heavy atom. The molecule has 0 saturated carbocycles. The Morgan fingerprint density at radius 2 is 1.52 bits per heavy atom. The van der Waals surface area contributed by atoms with Gasteiger partial charge in [-0.1, -0.05) is 59.7 Å². The molecule has 0 spiro atoms. The molecule has 0 heterocycles. The van der Waals surface area contributed by atoms with Gasteiger partial charge in [0.05, 0.1) is 23.2 Å². The van der Waals surface area contributed by atoms with E-state index in [0.29, 0.717) is 18.0 Å². The molecule has 0 aliphatic heterocycles. The van der Waals surface area contributed by atoms with E-state index >= 15 is 0 Å². The summed E-state index contributed by atoms with van der Waals surface area (Å²) in [6.45, 7) is 7.57. The van der Waals surface area contributed by atoms with Crippen LogP contribution in [-0.2, 0) is 14.8 Å². The first-order valence-electron chi connectivity index (χ1n) is 10.9. The molecule has 3 aromatic carbocycles. The van der Waals surface area contributed by atoms with Gasteiger partial charge in [-0.15, -0.1) is 0 Å². The van der Waals surface area contributed by atoms with E-state index in [1.54, 1.807) is 48.5 Å². The van der Waals surface area contributed by atoms with Crippen molar-refractivity contribution in [3.8, 4) is 5.75 Å². The molecule has 1 N–H and O–H groups in total. The maximum absolute atomic E-state index is 13.6. The molecule has 1 atom stereocenters. The fraction of sp³-hybridized carbons (Fsp3) is 0.269. The van der Waals surface area contributed by atoms with Crippen LogP contribution >= 0.6 is 0 Å². The summed E-state index contributed by atoms with van der Waals surface area (Å²) in [6, 6.07) is 21.0. The normalized spacial score (nSPS) is 12.1. The molecule has 3 aromatic rings. The Kier molecular flexibility index (Phi) is 7.76. The molecule has 0 aromatic heterocycles. The smallest absolute Gasteiger partial charge is 0.264 e. The van der Waals surface area contributed by atoms with Crippen LogP contribution in [0.2, 0.25) is 0 Å². The second-order valence-electron chi connectivity index (χ2n) is 7.93. The largest absolute Gasteiger partial charge is 0.492 e. The first-order chi connectivity index (χ1) is 15.7. The number of anilines is 1. The summed E-state index contributed by atoms with van der Waals surface area (Å²) in [6.07, 6.45) is 0. The van der Waals surface area contributed by atoms with E-state index in [9.17, 15) is 13.2 Å². The highest BCUT2D eigenvalue weighted by molar-refractivity contribution is 7.92. The van der Waals surface area contributed by atoms with Crippen molar-refractivity contribution >= 4 is 21.6 Å². The minimum Gasteiger partial charge on any atom is -0.492 e. The van der Waals surface area contributed by atoms with Crippen LogP contribution in [0, 0.1) is 13.8 Å². The summed E-state index contributed by atoms with van der Waals surface area (Å²) in [4.78, 5) is 13.1. The lowest BCUT2D eigenvalue weighted by molar-refractivity contribution is -0.120. The molecule has 7 heteroatoms. The van der Waals surface area contributed by atoms with Crippen LogP contribution in [0.15, 0.2) is 77.7 Å². The number of carbonyl (C=O) groups is 1. The molecule has 0 radical (unpaired) electrons. The van der Waals surface area contributed by atoms with Crippen LogP contribution in [0.5, 0.6) is 5.75 Å². The summed E-state index contributed by atoms with van der Waals surface area (Å²) >= 11 is 0.